The van der Waals surface area contributed by atoms with Crippen LogP contribution in [0.15, 0.2) is 47.8 Å². The third kappa shape index (κ3) is 6.71. The van der Waals surface area contributed by atoms with Crippen molar-refractivity contribution in [1.82, 2.24) is 15.6 Å². The van der Waals surface area contributed by atoms with Crippen molar-refractivity contribution in [3.8, 4) is 23.0 Å². The molecule has 2 amide bonds. The van der Waals surface area contributed by atoms with Gasteiger partial charge in [-0.25, -0.2) is 4.98 Å². The molecule has 1 saturated carbocycles. The second-order valence-corrected chi connectivity index (χ2v) is 9.55. The van der Waals surface area contributed by atoms with Crippen molar-refractivity contribution in [3.63, 3.8) is 0 Å². The van der Waals surface area contributed by atoms with Crippen LogP contribution in [0.2, 0.25) is 0 Å². The number of hydrogen-bond acceptors (Lipinski definition) is 8. The molecule has 0 spiro atoms. The number of thiazole rings is 1. The van der Waals surface area contributed by atoms with E-state index in [0.717, 1.165) is 25.7 Å². The van der Waals surface area contributed by atoms with Gasteiger partial charge in [-0.2, -0.15) is 0 Å². The number of methoxy groups -OCH3 is 3. The zero-order chi connectivity index (χ0) is 26.2. The molecule has 2 atom stereocenters. The zero-order valence-corrected chi connectivity index (χ0v) is 21.9. The molecule has 0 aliphatic heterocycles. The van der Waals surface area contributed by atoms with E-state index >= 15 is 0 Å². The molecule has 10 heteroatoms. The van der Waals surface area contributed by atoms with Crippen molar-refractivity contribution in [3.05, 3.63) is 64.1 Å². The quantitative estimate of drug-likeness (QED) is 0.408. The van der Waals surface area contributed by atoms with Crippen LogP contribution in [-0.2, 0) is 6.61 Å². The van der Waals surface area contributed by atoms with Crippen LogP contribution in [-0.4, -0.2) is 50.2 Å². The summed E-state index contributed by atoms with van der Waals surface area (Å²) in [6.07, 6.45) is 3.48. The van der Waals surface area contributed by atoms with E-state index in [2.05, 4.69) is 15.6 Å². The third-order valence-electron chi connectivity index (χ3n) is 6.22. The number of aromatic nitrogens is 1. The molecule has 1 aromatic heterocycles. The fourth-order valence-corrected chi connectivity index (χ4v) is 4.95. The predicted octanol–water partition coefficient (Wildman–Crippen LogP) is 4.22. The number of benzene rings is 2. The Morgan fingerprint density at radius 3 is 2.14 bits per heavy atom. The lowest BCUT2D eigenvalue weighted by molar-refractivity contribution is 0.0860. The number of nitrogens with one attached hydrogen (secondary N) is 2. The van der Waals surface area contributed by atoms with Gasteiger partial charge in [0.2, 0.25) is 0 Å². The lowest BCUT2D eigenvalue weighted by Crippen LogP contribution is -2.53. The third-order valence-corrected chi connectivity index (χ3v) is 7.04. The smallest absolute Gasteiger partial charge is 0.271 e. The van der Waals surface area contributed by atoms with Gasteiger partial charge in [0.15, 0.2) is 11.5 Å². The first-order valence-corrected chi connectivity index (χ1v) is 12.9. The highest BCUT2D eigenvalue weighted by molar-refractivity contribution is 7.09. The van der Waals surface area contributed by atoms with Gasteiger partial charge in [-0.05, 0) is 37.1 Å². The zero-order valence-electron chi connectivity index (χ0n) is 21.1. The molecule has 9 nitrogen and oxygen atoms in total. The summed E-state index contributed by atoms with van der Waals surface area (Å²) < 4.78 is 21.7. The van der Waals surface area contributed by atoms with Crippen molar-refractivity contribution >= 4 is 23.2 Å². The molecule has 2 N–H and O–H groups in total. The van der Waals surface area contributed by atoms with Crippen LogP contribution in [0.4, 0.5) is 0 Å². The summed E-state index contributed by atoms with van der Waals surface area (Å²) in [7, 11) is 4.66. The first-order chi connectivity index (χ1) is 18.0. The standard InChI is InChI=1S/C27H31N3O6S/c1-33-18-12-17(13-19(14-18)34-2)26(31)29-20-8-4-5-9-21(20)30-27(32)22-16-37-25(28-22)15-36-24-11-7-6-10-23(24)35-3/h6-7,10-14,16,20-21H,4-5,8-9,15H2,1-3H3,(H,29,31)(H,30,32). The van der Waals surface area contributed by atoms with Gasteiger partial charge in [-0.1, -0.05) is 25.0 Å². The van der Waals surface area contributed by atoms with Crippen molar-refractivity contribution in [2.45, 2.75) is 44.4 Å². The first kappa shape index (κ1) is 26.3. The van der Waals surface area contributed by atoms with Crippen LogP contribution >= 0.6 is 11.3 Å². The summed E-state index contributed by atoms with van der Waals surface area (Å²) in [6, 6.07) is 12.0. The van der Waals surface area contributed by atoms with E-state index in [0.29, 0.717) is 39.3 Å². The molecule has 2 aromatic carbocycles. The Morgan fingerprint density at radius 1 is 0.892 bits per heavy atom. The molecule has 1 fully saturated rings. The number of rotatable bonds is 10. The van der Waals surface area contributed by atoms with Gasteiger partial charge in [-0.15, -0.1) is 11.3 Å². The van der Waals surface area contributed by atoms with E-state index in [1.165, 1.54) is 25.6 Å². The summed E-state index contributed by atoms with van der Waals surface area (Å²) in [4.78, 5) is 30.5. The lowest BCUT2D eigenvalue weighted by atomic mass is 9.90. The van der Waals surface area contributed by atoms with Crippen LogP contribution < -0.4 is 29.6 Å². The molecule has 37 heavy (non-hydrogen) atoms. The van der Waals surface area contributed by atoms with Crippen LogP contribution in [0.5, 0.6) is 23.0 Å². The molecule has 1 aliphatic carbocycles. The second-order valence-electron chi connectivity index (χ2n) is 8.61. The number of carbonyl (C=O) groups excluding carboxylic acids is 2. The maximum absolute atomic E-state index is 13.0. The van der Waals surface area contributed by atoms with Gasteiger partial charge in [0.05, 0.1) is 21.3 Å². The summed E-state index contributed by atoms with van der Waals surface area (Å²) >= 11 is 1.36. The molecular weight excluding hydrogens is 494 g/mol. The highest BCUT2D eigenvalue weighted by atomic mass is 32.1. The molecule has 196 valence electrons. The number of carbonyl (C=O) groups is 2. The van der Waals surface area contributed by atoms with Gasteiger partial charge >= 0.3 is 0 Å². The lowest BCUT2D eigenvalue weighted by Gasteiger charge is -2.32. The molecule has 3 aromatic rings. The Labute approximate surface area is 220 Å². The average molecular weight is 526 g/mol. The van der Waals surface area contributed by atoms with E-state index in [-0.39, 0.29) is 30.5 Å². The Kier molecular flexibility index (Phi) is 8.84. The van der Waals surface area contributed by atoms with Gasteiger partial charge in [0, 0.05) is 29.1 Å². The van der Waals surface area contributed by atoms with E-state index in [1.54, 1.807) is 30.7 Å². The molecule has 2 unspecified atom stereocenters. The van der Waals surface area contributed by atoms with Crippen molar-refractivity contribution in [1.29, 1.82) is 0 Å². The van der Waals surface area contributed by atoms with E-state index in [1.807, 2.05) is 24.3 Å². The second kappa shape index (κ2) is 12.4. The van der Waals surface area contributed by atoms with Crippen LogP contribution in [0, 0.1) is 0 Å². The van der Waals surface area contributed by atoms with Crippen molar-refractivity contribution in [2.75, 3.05) is 21.3 Å². The number of para-hydroxylation sites is 2. The van der Waals surface area contributed by atoms with E-state index < -0.39 is 0 Å². The highest BCUT2D eigenvalue weighted by Gasteiger charge is 2.29. The highest BCUT2D eigenvalue weighted by Crippen LogP contribution is 2.27. The van der Waals surface area contributed by atoms with Crippen LogP contribution in [0.25, 0.3) is 0 Å². The van der Waals surface area contributed by atoms with Gasteiger partial charge < -0.3 is 29.6 Å². The minimum absolute atomic E-state index is 0.200. The van der Waals surface area contributed by atoms with E-state index in [4.69, 9.17) is 18.9 Å². The molecule has 1 heterocycles. The topological polar surface area (TPSA) is 108 Å². The Morgan fingerprint density at radius 2 is 1.51 bits per heavy atom. The minimum Gasteiger partial charge on any atom is -0.497 e. The largest absolute Gasteiger partial charge is 0.497 e. The summed E-state index contributed by atoms with van der Waals surface area (Å²) in [5.41, 5.74) is 0.767. The van der Waals surface area contributed by atoms with Crippen molar-refractivity contribution < 1.29 is 28.5 Å². The number of amides is 2. The summed E-state index contributed by atoms with van der Waals surface area (Å²) in [5, 5.41) is 8.55. The Bertz CT molecular complexity index is 1210. The maximum atomic E-state index is 13.0. The predicted molar refractivity (Wildman–Crippen MR) is 140 cm³/mol. The van der Waals surface area contributed by atoms with Gasteiger partial charge in [0.25, 0.3) is 11.8 Å². The number of hydrogen-bond donors (Lipinski definition) is 2. The van der Waals surface area contributed by atoms with E-state index in [9.17, 15) is 9.59 Å². The van der Waals surface area contributed by atoms with Crippen LogP contribution in [0.3, 0.4) is 0 Å². The molecular formula is C27H31N3O6S. The van der Waals surface area contributed by atoms with Gasteiger partial charge in [-0.3, -0.25) is 9.59 Å². The summed E-state index contributed by atoms with van der Waals surface area (Å²) in [5.74, 6) is 1.80. The first-order valence-electron chi connectivity index (χ1n) is 12.1. The average Bonchev–Trinajstić information content (AvgIpc) is 3.42. The Balaban J connectivity index is 1.37. The number of ether oxygens (including phenoxy) is 4. The molecule has 4 rings (SSSR count). The molecule has 0 bridgehead atoms. The normalized spacial score (nSPS) is 16.9. The van der Waals surface area contributed by atoms with Gasteiger partial charge in [0.1, 0.15) is 28.8 Å². The van der Waals surface area contributed by atoms with Crippen molar-refractivity contribution in [2.24, 2.45) is 0 Å². The molecule has 0 radical (unpaired) electrons. The minimum atomic E-state index is -0.269. The molecule has 0 saturated heterocycles. The maximum Gasteiger partial charge on any atom is 0.271 e. The SMILES string of the molecule is COc1cc(OC)cc(C(=O)NC2CCCCC2NC(=O)c2csc(COc3ccccc3OC)n2)c1. The monoisotopic (exact) mass is 525 g/mol. The fourth-order valence-electron chi connectivity index (χ4n) is 4.27. The Hall–Kier alpha value is -3.79. The number of nitrogens with zero attached hydrogens (tertiary/aromatic N) is 1. The summed E-state index contributed by atoms with van der Waals surface area (Å²) in [6.45, 7) is 0.227. The molecule has 1 aliphatic rings. The van der Waals surface area contributed by atoms with Crippen LogP contribution in [0.1, 0.15) is 51.5 Å². The fraction of sp³-hybridized carbons (Fsp3) is 0.370.